The number of carbonyl (C=O) groups excluding carboxylic acids is 5. The maximum Gasteiger partial charge on any atom is 1.00 e. The number of thiazole rings is 1. The third-order valence-electron chi connectivity index (χ3n) is 9.02. The number of esters is 1. The van der Waals surface area contributed by atoms with Crippen LogP contribution >= 0.6 is 46.6 Å². The molecule has 6 heterocycles. The average molecular weight is 966 g/mol. The van der Waals surface area contributed by atoms with Crippen molar-refractivity contribution >= 4 is 99.0 Å². The van der Waals surface area contributed by atoms with Crippen molar-refractivity contribution in [1.82, 2.24) is 45.6 Å². The number of aromatic nitrogens is 5. The average Bonchev–Trinajstić information content (AvgIpc) is 3.87. The Labute approximate surface area is 420 Å². The summed E-state index contributed by atoms with van der Waals surface area (Å²) >= 11 is 4.99. The number of nitrogens with zero attached hydrogens (tertiary/aromatic N) is 8. The van der Waals surface area contributed by atoms with Crippen LogP contribution in [0.3, 0.4) is 0 Å². The molecule has 63 heavy (non-hydrogen) atoms. The van der Waals surface area contributed by atoms with Gasteiger partial charge in [0.2, 0.25) is 5.16 Å². The number of hydrogen-bond donors (Lipinski definition) is 6. The van der Waals surface area contributed by atoms with Crippen molar-refractivity contribution in [2.75, 3.05) is 36.7 Å². The van der Waals surface area contributed by atoms with Crippen LogP contribution in [-0.4, -0.2) is 151 Å². The van der Waals surface area contributed by atoms with Gasteiger partial charge in [0.25, 0.3) is 23.6 Å². The first kappa shape index (κ1) is 51.6. The summed E-state index contributed by atoms with van der Waals surface area (Å²) in [6.45, 7) is 0.975. The van der Waals surface area contributed by atoms with Crippen molar-refractivity contribution in [3.05, 3.63) is 69.5 Å². The predicted molar refractivity (Wildman–Crippen MR) is 219 cm³/mol. The number of hydrogen-bond acceptors (Lipinski definition) is 20. The first-order valence-corrected chi connectivity index (χ1v) is 21.5. The van der Waals surface area contributed by atoms with Crippen LogP contribution in [0.5, 0.6) is 0 Å². The number of carbonyl (C=O) groups is 7. The number of aryl methyl sites for hydroxylation is 1. The van der Waals surface area contributed by atoms with Crippen LogP contribution in [0.1, 0.15) is 27.1 Å². The molecule has 2 fully saturated rings. The van der Waals surface area contributed by atoms with Gasteiger partial charge < -0.3 is 44.1 Å². The van der Waals surface area contributed by atoms with Crippen LogP contribution in [0, 0.1) is 0 Å². The van der Waals surface area contributed by atoms with Gasteiger partial charge in [-0.1, -0.05) is 47.2 Å². The number of β-lactam (4-membered cyclic amide) rings is 2. The first-order valence-electron chi connectivity index (χ1n) is 17.6. The molecule has 0 bridgehead atoms. The molecule has 2 saturated heterocycles. The Kier molecular flexibility index (Phi) is 18.6. The molecule has 2 aromatic heterocycles. The Hall–Kier alpha value is -4.03. The third kappa shape index (κ3) is 11.4. The summed E-state index contributed by atoms with van der Waals surface area (Å²) in [5, 5.41) is 50.5. The van der Waals surface area contributed by atoms with E-state index >= 15 is 0 Å². The summed E-state index contributed by atoms with van der Waals surface area (Å²) in [7, 11) is 2.93. The van der Waals surface area contributed by atoms with E-state index in [0.717, 1.165) is 16.2 Å². The van der Waals surface area contributed by atoms with E-state index in [-0.39, 0.29) is 102 Å². The smallest absolute Gasteiger partial charge is 1.00 e. The molecule has 29 heteroatoms. The van der Waals surface area contributed by atoms with E-state index < -0.39 is 70.5 Å². The number of ether oxygens (including phenoxy) is 1. The number of amides is 4. The van der Waals surface area contributed by atoms with E-state index in [4.69, 9.17) is 10.5 Å². The minimum absolute atomic E-state index is 0. The van der Waals surface area contributed by atoms with Gasteiger partial charge in [0.1, 0.15) is 53.6 Å². The van der Waals surface area contributed by atoms with Gasteiger partial charge in [-0.25, -0.2) is 19.3 Å². The molecule has 5 atom stereocenters. The summed E-state index contributed by atoms with van der Waals surface area (Å²) in [4.78, 5) is 96.0. The number of aliphatic hydroxyl groups is 1. The molecule has 4 amide bonds. The topological polar surface area (TPSA) is 324 Å². The molecule has 4 aliphatic heterocycles. The second kappa shape index (κ2) is 22.7. The van der Waals surface area contributed by atoms with E-state index in [1.54, 1.807) is 37.4 Å². The number of rotatable bonds is 14. The Morgan fingerprint density at radius 2 is 1.57 bits per heavy atom. The van der Waals surface area contributed by atoms with E-state index in [2.05, 4.69) is 41.1 Å². The first-order chi connectivity index (χ1) is 29.1. The second-order valence-electron chi connectivity index (χ2n) is 12.9. The van der Waals surface area contributed by atoms with Gasteiger partial charge in [-0.3, -0.25) is 33.8 Å². The number of fused-ring (bicyclic) bond motifs is 2. The molecule has 7 rings (SSSR count). The number of thioether (sulfide) groups is 3. The number of carboxylic acids is 2. The van der Waals surface area contributed by atoms with Crippen molar-refractivity contribution < 1.29 is 120 Å². The van der Waals surface area contributed by atoms with Crippen LogP contribution in [0.25, 0.3) is 0 Å². The molecule has 7 N–H and O–H groups in total. The van der Waals surface area contributed by atoms with Gasteiger partial charge in [0.05, 0.1) is 0 Å². The zero-order chi connectivity index (χ0) is 44.1. The number of nitrogens with one attached hydrogen (secondary N) is 2. The number of oxime groups is 1. The number of aliphatic carboxylic acids is 2. The molecule has 1 aromatic carbocycles. The SMILES string of the molecule is CO/N=C(/C(=O)N[C@@H]1C(=O)N2C(C(=O)O)=C(COC(C)=O)CS[C@H]12)c1csc(N)n1.Cn1nnnc1SCC1=C(C(=O)O)N2C(=O)[C@@H](NC(=O)[C@H](O)c3ccccc3)[C@H]2SC1.[H-].[H-].[Na+].[Na+]. The molecule has 326 valence electrons. The van der Waals surface area contributed by atoms with Gasteiger partial charge in [-0.15, -0.1) is 40.0 Å². The Morgan fingerprint density at radius 1 is 0.984 bits per heavy atom. The molecule has 0 spiro atoms. The molecule has 0 aliphatic carbocycles. The van der Waals surface area contributed by atoms with Gasteiger partial charge in [-0.05, 0) is 21.6 Å². The van der Waals surface area contributed by atoms with Crippen molar-refractivity contribution in [2.45, 2.75) is 41.0 Å². The normalized spacial score (nSPS) is 20.5. The van der Waals surface area contributed by atoms with Crippen LogP contribution in [-0.2, 0) is 50.2 Å². The van der Waals surface area contributed by atoms with E-state index in [9.17, 15) is 48.9 Å². The fourth-order valence-corrected chi connectivity index (χ4v) is 10.4. The van der Waals surface area contributed by atoms with Crippen LogP contribution in [0.15, 0.2) is 68.6 Å². The van der Waals surface area contributed by atoms with E-state index in [1.807, 2.05) is 0 Å². The van der Waals surface area contributed by atoms with E-state index in [0.29, 0.717) is 33.4 Å². The van der Waals surface area contributed by atoms with Crippen LogP contribution in [0.4, 0.5) is 5.13 Å². The molecule has 0 saturated carbocycles. The number of tetrazole rings is 1. The number of carboxylic acid groups (broad SMARTS) is 2. The van der Waals surface area contributed by atoms with E-state index in [1.165, 1.54) is 64.3 Å². The molecule has 23 nitrogen and oxygen atoms in total. The van der Waals surface area contributed by atoms with Gasteiger partial charge >= 0.3 is 77.0 Å². The minimum atomic E-state index is -1.42. The summed E-state index contributed by atoms with van der Waals surface area (Å²) in [6.07, 6.45) is -1.42. The second-order valence-corrected chi connectivity index (χ2v) is 17.0. The number of nitrogen functional groups attached to an aromatic ring is 1. The zero-order valence-corrected chi connectivity index (χ0v) is 41.2. The Morgan fingerprint density at radius 3 is 2.10 bits per heavy atom. The number of anilines is 1. The fourth-order valence-electron chi connectivity index (χ4n) is 6.19. The molecular weight excluding hydrogens is 929 g/mol. The number of benzene rings is 1. The molecule has 4 aliphatic rings. The monoisotopic (exact) mass is 965 g/mol. The van der Waals surface area contributed by atoms with Crippen molar-refractivity contribution in [3.63, 3.8) is 0 Å². The summed E-state index contributed by atoms with van der Waals surface area (Å²) in [5.41, 5.74) is 6.57. The fraction of sp³-hybridized carbons (Fsp3) is 0.353. The largest absolute Gasteiger partial charge is 1.00 e. The predicted octanol–water partition coefficient (Wildman–Crippen LogP) is -6.62. The van der Waals surface area contributed by atoms with Crippen molar-refractivity contribution in [2.24, 2.45) is 12.2 Å². The van der Waals surface area contributed by atoms with Crippen molar-refractivity contribution in [3.8, 4) is 0 Å². The summed E-state index contributed by atoms with van der Waals surface area (Å²) < 4.78 is 6.35. The van der Waals surface area contributed by atoms with Crippen LogP contribution < -0.4 is 75.5 Å². The summed E-state index contributed by atoms with van der Waals surface area (Å²) in [5.74, 6) is -4.73. The zero-order valence-electron chi connectivity index (χ0n) is 36.0. The molecule has 3 aromatic rings. The van der Waals surface area contributed by atoms with Crippen LogP contribution in [0.2, 0.25) is 0 Å². The van der Waals surface area contributed by atoms with Gasteiger partial charge in [0.15, 0.2) is 16.9 Å². The molecule has 0 radical (unpaired) electrons. The Balaban J connectivity index is 0.000000421. The molecule has 0 unspecified atom stereocenters. The maximum absolute atomic E-state index is 12.7. The molecular formula is C34H37N11Na2O12S4. The minimum Gasteiger partial charge on any atom is -1.00 e. The number of aliphatic hydroxyl groups excluding tert-OH is 1. The maximum atomic E-state index is 12.7. The van der Waals surface area contributed by atoms with Gasteiger partial charge in [-0.2, -0.15) is 0 Å². The quantitative estimate of drug-likeness (QED) is 0.0218. The van der Waals surface area contributed by atoms with Crippen molar-refractivity contribution in [1.29, 1.82) is 0 Å². The number of nitrogens with two attached hydrogens (primary N) is 1. The van der Waals surface area contributed by atoms with Gasteiger partial charge in [0, 0.05) is 42.2 Å². The summed E-state index contributed by atoms with van der Waals surface area (Å²) in [6, 6.07) is 6.50. The Bertz CT molecular complexity index is 2380. The third-order valence-corrected chi connectivity index (χ3v) is 13.5. The standard InChI is InChI=1S/C18H18N6O5S2.C16H17N5O7S2.2Na.2H/c1-23-18(20-21-22-23)31-8-10-7-30-16-11(15(27)24(16)12(10)17(28)29)19-14(26)13(25)9-5-3-2-4-6-9;1-6(22)28-3-7-4-29-14-10(13(24)21(14)11(7)15(25)26)19-12(23)9(20-27-2)8-5-30-16(17)18-8;;;;/h2-6,11,13,16,25H,7-8H2,1H3,(H,19,26)(H,28,29);5,10,14H,3-4H2,1-2H3,(H2,17,18)(H,19,23)(H,25,26);;;;/q;;2*+1;2*-1/b;20-9+;;;;/t11-,13-,16-;10-,14-;;;;/m11..../s1.